The Morgan fingerprint density at radius 1 is 1.23 bits per heavy atom. The van der Waals surface area contributed by atoms with E-state index in [9.17, 15) is 10.1 Å². The number of rotatable bonds is 6. The molecule has 6 rings (SSSR count). The Morgan fingerprint density at radius 2 is 2.02 bits per heavy atom. The van der Waals surface area contributed by atoms with Crippen LogP contribution >= 0.6 is 11.3 Å². The molecule has 12 nitrogen and oxygen atoms in total. The predicted molar refractivity (Wildman–Crippen MR) is 166 cm³/mol. The van der Waals surface area contributed by atoms with Gasteiger partial charge in [-0.2, -0.15) is 20.2 Å². The number of aromatic nitrogens is 4. The van der Waals surface area contributed by atoms with Gasteiger partial charge in [0.15, 0.2) is 0 Å². The van der Waals surface area contributed by atoms with Gasteiger partial charge in [0.2, 0.25) is 11.7 Å². The van der Waals surface area contributed by atoms with Crippen molar-refractivity contribution in [2.45, 2.75) is 70.4 Å². The summed E-state index contributed by atoms with van der Waals surface area (Å²) >= 11 is 1.47. The van der Waals surface area contributed by atoms with Gasteiger partial charge in [-0.3, -0.25) is 9.69 Å². The number of piperazine rings is 1. The first kappa shape index (κ1) is 29.9. The maximum absolute atomic E-state index is 12.3. The van der Waals surface area contributed by atoms with Crippen molar-refractivity contribution in [3.05, 3.63) is 28.0 Å². The molecule has 2 aliphatic heterocycles. The van der Waals surface area contributed by atoms with Crippen LogP contribution in [0.4, 0.5) is 10.8 Å². The number of carbonyl (C=O) groups is 1. The highest BCUT2D eigenvalue weighted by molar-refractivity contribution is 7.16. The first-order valence-electron chi connectivity index (χ1n) is 15.1. The lowest BCUT2D eigenvalue weighted by Crippen LogP contribution is -2.48. The Labute approximate surface area is 261 Å². The number of amides is 1. The third kappa shape index (κ3) is 5.46. The molecule has 2 N–H and O–H groups in total. The lowest BCUT2D eigenvalue weighted by Gasteiger charge is -2.34. The van der Waals surface area contributed by atoms with Crippen LogP contribution in [0.15, 0.2) is 10.6 Å². The molecule has 13 heteroatoms. The van der Waals surface area contributed by atoms with Crippen molar-refractivity contribution in [2.75, 3.05) is 50.4 Å². The second-order valence-electron chi connectivity index (χ2n) is 11.9. The summed E-state index contributed by atoms with van der Waals surface area (Å²) < 4.78 is 12.3. The number of hydrogen-bond donors (Lipinski definition) is 1. The van der Waals surface area contributed by atoms with E-state index in [0.717, 1.165) is 49.1 Å². The molecule has 1 amide bonds. The highest BCUT2D eigenvalue weighted by Gasteiger charge is 2.43. The van der Waals surface area contributed by atoms with Crippen LogP contribution in [-0.4, -0.2) is 87.7 Å². The standard InChI is InChI=1S/C31H37N9O3S/c1-5-8-25(41)40-15-13-39(14-16-40)24-17-21(34-30(35-24)42-19(2)22-9-7-12-38(22)4)28-36-29(43-37-28)31(3)11-6-10-23-26(31)20(18-32)27(33)44-23/h17,19,22H,6-7,9-16,33H2,1-4H3/t19-,22-,31-/m0/s1. The quantitative estimate of drug-likeness (QED) is 0.407. The van der Waals surface area contributed by atoms with E-state index in [-0.39, 0.29) is 24.1 Å². The number of hydrogen-bond acceptors (Lipinski definition) is 12. The fraction of sp³-hybridized carbons (Fsp3) is 0.548. The molecule has 3 aromatic heterocycles. The number of carbonyl (C=O) groups excluding carboxylic acids is 1. The van der Waals surface area contributed by atoms with Crippen molar-refractivity contribution in [3.8, 4) is 35.4 Å². The summed E-state index contributed by atoms with van der Waals surface area (Å²) in [6.07, 6.45) is 4.61. The van der Waals surface area contributed by atoms with Crippen molar-refractivity contribution < 1.29 is 14.1 Å². The highest BCUT2D eigenvalue weighted by Crippen LogP contribution is 2.48. The van der Waals surface area contributed by atoms with Crippen LogP contribution in [0.5, 0.6) is 6.01 Å². The normalized spacial score (nSPS) is 22.6. The maximum Gasteiger partial charge on any atom is 0.319 e. The first-order valence-corrected chi connectivity index (χ1v) is 15.9. The van der Waals surface area contributed by atoms with Crippen LogP contribution in [0.25, 0.3) is 11.5 Å². The Balaban J connectivity index is 1.33. The summed E-state index contributed by atoms with van der Waals surface area (Å²) in [5, 5.41) is 14.8. The summed E-state index contributed by atoms with van der Waals surface area (Å²) in [6, 6.07) is 4.65. The van der Waals surface area contributed by atoms with E-state index >= 15 is 0 Å². The molecule has 0 unspecified atom stereocenters. The summed E-state index contributed by atoms with van der Waals surface area (Å²) in [6.45, 7) is 9.02. The summed E-state index contributed by atoms with van der Waals surface area (Å²) in [7, 11) is 2.11. The van der Waals surface area contributed by atoms with Crippen LogP contribution in [0.2, 0.25) is 0 Å². The number of nitrogens with two attached hydrogens (primary N) is 1. The van der Waals surface area contributed by atoms with E-state index in [1.807, 2.05) is 13.0 Å². The lowest BCUT2D eigenvalue weighted by molar-refractivity contribution is -0.125. The SMILES string of the molecule is CC#CC(=O)N1CCN(c2cc(-c3noc([C@@]4(C)CCCc5sc(N)c(C#N)c54)n3)nc(O[C@@H](C)[C@@H]3CCCN3C)n2)CC1. The molecular weight excluding hydrogens is 578 g/mol. The van der Waals surface area contributed by atoms with Crippen LogP contribution in [-0.2, 0) is 16.6 Å². The second-order valence-corrected chi connectivity index (χ2v) is 13.1. The monoisotopic (exact) mass is 615 g/mol. The Bertz CT molecular complexity index is 1660. The molecule has 3 aliphatic rings. The number of nitrogens with zero attached hydrogens (tertiary/aromatic N) is 8. The van der Waals surface area contributed by atoms with Gasteiger partial charge in [-0.15, -0.1) is 11.3 Å². The predicted octanol–water partition coefficient (Wildman–Crippen LogP) is 3.22. The molecular formula is C31H37N9O3S. The van der Waals surface area contributed by atoms with Gasteiger partial charge in [-0.05, 0) is 72.4 Å². The molecule has 1 aliphatic carbocycles. The van der Waals surface area contributed by atoms with Crippen LogP contribution in [0, 0.1) is 23.2 Å². The zero-order valence-corrected chi connectivity index (χ0v) is 26.4. The van der Waals surface area contributed by atoms with Gasteiger partial charge >= 0.3 is 6.01 Å². The molecule has 3 atom stereocenters. The molecule has 44 heavy (non-hydrogen) atoms. The average molecular weight is 616 g/mol. The molecule has 230 valence electrons. The number of likely N-dealkylation sites (N-methyl/N-ethyl adjacent to an activating group) is 1. The van der Waals surface area contributed by atoms with Gasteiger partial charge in [0.05, 0.1) is 11.0 Å². The summed E-state index contributed by atoms with van der Waals surface area (Å²) in [5.41, 5.74) is 7.46. The molecule has 2 fully saturated rings. The molecule has 2 saturated heterocycles. The number of likely N-dealkylation sites (tertiary alicyclic amines) is 1. The zero-order chi connectivity index (χ0) is 31.0. The largest absolute Gasteiger partial charge is 0.459 e. The van der Waals surface area contributed by atoms with E-state index in [1.165, 1.54) is 11.3 Å². The molecule has 0 saturated carbocycles. The average Bonchev–Trinajstić information content (AvgIpc) is 3.76. The number of nitriles is 1. The Morgan fingerprint density at radius 3 is 2.73 bits per heavy atom. The number of aryl methyl sites for hydroxylation is 1. The van der Waals surface area contributed by atoms with Crippen LogP contribution in [0.1, 0.15) is 68.3 Å². The highest BCUT2D eigenvalue weighted by atomic mass is 32.1. The zero-order valence-electron chi connectivity index (χ0n) is 25.6. The topological polar surface area (TPSA) is 151 Å². The molecule has 0 bridgehead atoms. The van der Waals surface area contributed by atoms with Crippen molar-refractivity contribution >= 4 is 28.1 Å². The minimum atomic E-state index is -0.640. The van der Waals surface area contributed by atoms with E-state index in [0.29, 0.717) is 60.0 Å². The number of ether oxygens (including phenoxy) is 1. The Hall–Kier alpha value is -4.20. The van der Waals surface area contributed by atoms with Gasteiger partial charge in [0.25, 0.3) is 5.91 Å². The minimum absolute atomic E-state index is 0.124. The molecule has 0 radical (unpaired) electrons. The van der Waals surface area contributed by atoms with Gasteiger partial charge in [-0.1, -0.05) is 11.1 Å². The van der Waals surface area contributed by atoms with Crippen LogP contribution < -0.4 is 15.4 Å². The van der Waals surface area contributed by atoms with Crippen molar-refractivity contribution in [1.82, 2.24) is 29.9 Å². The number of nitrogen functional groups attached to an aromatic ring is 1. The summed E-state index contributed by atoms with van der Waals surface area (Å²) in [4.78, 5) is 34.0. The molecule has 0 aromatic carbocycles. The maximum atomic E-state index is 12.3. The van der Waals surface area contributed by atoms with Gasteiger partial charge in [0, 0.05) is 48.7 Å². The lowest BCUT2D eigenvalue weighted by atomic mass is 9.72. The molecule has 5 heterocycles. The number of fused-ring (bicyclic) bond motifs is 1. The van der Waals surface area contributed by atoms with E-state index in [4.69, 9.17) is 29.9 Å². The van der Waals surface area contributed by atoms with Gasteiger partial charge < -0.3 is 24.8 Å². The van der Waals surface area contributed by atoms with Crippen molar-refractivity contribution in [1.29, 1.82) is 5.26 Å². The summed E-state index contributed by atoms with van der Waals surface area (Å²) in [5.74, 6) is 6.56. The third-order valence-electron chi connectivity index (χ3n) is 9.10. The van der Waals surface area contributed by atoms with E-state index in [1.54, 1.807) is 11.8 Å². The van der Waals surface area contributed by atoms with E-state index < -0.39 is 5.41 Å². The molecule has 3 aromatic rings. The minimum Gasteiger partial charge on any atom is -0.459 e. The first-order chi connectivity index (χ1) is 21.2. The van der Waals surface area contributed by atoms with Gasteiger partial charge in [-0.25, -0.2) is 0 Å². The van der Waals surface area contributed by atoms with Crippen molar-refractivity contribution in [2.24, 2.45) is 0 Å². The smallest absolute Gasteiger partial charge is 0.319 e. The third-order valence-corrected chi connectivity index (χ3v) is 10.2. The molecule has 0 spiro atoms. The van der Waals surface area contributed by atoms with E-state index in [2.05, 4.69) is 46.8 Å². The fourth-order valence-corrected chi connectivity index (χ4v) is 7.89. The number of thiophene rings is 1. The fourth-order valence-electron chi connectivity index (χ4n) is 6.70. The van der Waals surface area contributed by atoms with Gasteiger partial charge in [0.1, 0.15) is 28.7 Å². The second kappa shape index (κ2) is 12.1. The van der Waals surface area contributed by atoms with Crippen molar-refractivity contribution in [3.63, 3.8) is 0 Å². The van der Waals surface area contributed by atoms with Crippen LogP contribution in [0.3, 0.4) is 0 Å². The Kier molecular flexibility index (Phi) is 8.18. The number of anilines is 2.